The van der Waals surface area contributed by atoms with E-state index in [1.165, 1.54) is 6.92 Å². The van der Waals surface area contributed by atoms with Gasteiger partial charge in [0.25, 0.3) is 5.56 Å². The topological polar surface area (TPSA) is 83.0 Å². The molecule has 19 heavy (non-hydrogen) atoms. The summed E-state index contributed by atoms with van der Waals surface area (Å²) in [5.74, 6) is -0.909. The second kappa shape index (κ2) is 4.97. The number of aromatic amines is 1. The molecule has 0 saturated carbocycles. The number of hydrogen-bond acceptors (Lipinski definition) is 3. The van der Waals surface area contributed by atoms with Crippen molar-refractivity contribution in [1.82, 2.24) is 9.97 Å². The van der Waals surface area contributed by atoms with Crippen molar-refractivity contribution in [3.63, 3.8) is 0 Å². The minimum Gasteiger partial charge on any atom is -0.477 e. The van der Waals surface area contributed by atoms with Crippen molar-refractivity contribution < 1.29 is 9.90 Å². The molecule has 2 rings (SSSR count). The Bertz CT molecular complexity index is 722. The SMILES string of the molecule is Cc1cc(-c2nc(C)c(C(=O)O)c(=O)[nH]2)ccc1Br. The molecule has 0 amide bonds. The van der Waals surface area contributed by atoms with Crippen LogP contribution in [0.25, 0.3) is 11.4 Å². The number of nitrogens with zero attached hydrogens (tertiary/aromatic N) is 1. The normalized spacial score (nSPS) is 10.5. The fourth-order valence-electron chi connectivity index (χ4n) is 1.77. The number of benzene rings is 1. The van der Waals surface area contributed by atoms with Crippen LogP contribution in [0.15, 0.2) is 27.5 Å². The number of aromatic carboxylic acids is 1. The van der Waals surface area contributed by atoms with Crippen LogP contribution in [-0.2, 0) is 0 Å². The van der Waals surface area contributed by atoms with Gasteiger partial charge in [0.2, 0.25) is 0 Å². The molecule has 1 aromatic carbocycles. The lowest BCUT2D eigenvalue weighted by molar-refractivity contribution is 0.0693. The molecule has 6 heteroatoms. The van der Waals surface area contributed by atoms with Crippen molar-refractivity contribution >= 4 is 21.9 Å². The summed E-state index contributed by atoms with van der Waals surface area (Å²) >= 11 is 3.39. The summed E-state index contributed by atoms with van der Waals surface area (Å²) in [6, 6.07) is 5.52. The molecule has 5 nitrogen and oxygen atoms in total. The number of H-pyrrole nitrogens is 1. The molecule has 0 atom stereocenters. The quantitative estimate of drug-likeness (QED) is 0.889. The number of hydrogen-bond donors (Lipinski definition) is 2. The molecular weight excluding hydrogens is 312 g/mol. The summed E-state index contributed by atoms with van der Waals surface area (Å²) < 4.78 is 0.956. The maximum atomic E-state index is 11.7. The molecule has 0 aliphatic carbocycles. The first-order valence-corrected chi connectivity index (χ1v) is 6.30. The third-order valence-corrected chi connectivity index (χ3v) is 3.64. The van der Waals surface area contributed by atoms with Crippen LogP contribution in [0.5, 0.6) is 0 Å². The summed E-state index contributed by atoms with van der Waals surface area (Å²) in [5, 5.41) is 8.92. The monoisotopic (exact) mass is 322 g/mol. The number of carbonyl (C=O) groups is 1. The molecular formula is C13H11BrN2O3. The number of nitrogens with one attached hydrogen (secondary N) is 1. The summed E-state index contributed by atoms with van der Waals surface area (Å²) in [5.41, 5.74) is 0.970. The average Bonchev–Trinajstić information content (AvgIpc) is 2.31. The number of carboxylic acids is 1. The highest BCUT2D eigenvalue weighted by molar-refractivity contribution is 9.10. The van der Waals surface area contributed by atoms with Crippen LogP contribution in [-0.4, -0.2) is 21.0 Å². The highest BCUT2D eigenvalue weighted by Crippen LogP contribution is 2.22. The van der Waals surface area contributed by atoms with Crippen LogP contribution >= 0.6 is 15.9 Å². The van der Waals surface area contributed by atoms with Gasteiger partial charge in [0, 0.05) is 10.0 Å². The van der Waals surface area contributed by atoms with Crippen LogP contribution < -0.4 is 5.56 Å². The molecule has 2 aromatic rings. The van der Waals surface area contributed by atoms with Crippen molar-refractivity contribution in [2.24, 2.45) is 0 Å². The molecule has 2 N–H and O–H groups in total. The van der Waals surface area contributed by atoms with E-state index in [1.54, 1.807) is 6.07 Å². The van der Waals surface area contributed by atoms with E-state index >= 15 is 0 Å². The van der Waals surface area contributed by atoms with Crippen LogP contribution in [0.2, 0.25) is 0 Å². The largest absolute Gasteiger partial charge is 0.477 e. The van der Waals surface area contributed by atoms with Crippen LogP contribution in [0.3, 0.4) is 0 Å². The average molecular weight is 323 g/mol. The number of rotatable bonds is 2. The van der Waals surface area contributed by atoms with Gasteiger partial charge in [-0.05, 0) is 31.5 Å². The predicted molar refractivity (Wildman–Crippen MR) is 74.4 cm³/mol. The van der Waals surface area contributed by atoms with E-state index in [0.717, 1.165) is 15.6 Å². The number of halogens is 1. The Labute approximate surface area is 117 Å². The Kier molecular flexibility index (Phi) is 3.53. The molecule has 0 fully saturated rings. The van der Waals surface area contributed by atoms with E-state index in [2.05, 4.69) is 25.9 Å². The first kappa shape index (κ1) is 13.5. The van der Waals surface area contributed by atoms with Gasteiger partial charge in [0.1, 0.15) is 11.4 Å². The molecule has 0 aliphatic rings. The van der Waals surface area contributed by atoms with E-state index < -0.39 is 11.5 Å². The first-order valence-electron chi connectivity index (χ1n) is 5.51. The van der Waals surface area contributed by atoms with Crippen molar-refractivity contribution in [2.45, 2.75) is 13.8 Å². The van der Waals surface area contributed by atoms with Crippen LogP contribution in [0.1, 0.15) is 21.6 Å². The Balaban J connectivity index is 2.61. The molecule has 0 aliphatic heterocycles. The van der Waals surface area contributed by atoms with E-state index in [1.807, 2.05) is 19.1 Å². The fraction of sp³-hybridized carbons (Fsp3) is 0.154. The minimum atomic E-state index is -1.27. The Morgan fingerprint density at radius 2 is 2.05 bits per heavy atom. The molecule has 0 radical (unpaired) electrons. The van der Waals surface area contributed by atoms with E-state index in [4.69, 9.17) is 5.11 Å². The maximum Gasteiger partial charge on any atom is 0.343 e. The molecule has 0 spiro atoms. The van der Waals surface area contributed by atoms with E-state index in [0.29, 0.717) is 5.82 Å². The lowest BCUT2D eigenvalue weighted by atomic mass is 10.1. The zero-order chi connectivity index (χ0) is 14.2. The summed E-state index contributed by atoms with van der Waals surface area (Å²) in [4.78, 5) is 29.3. The van der Waals surface area contributed by atoms with Gasteiger partial charge in [-0.15, -0.1) is 0 Å². The summed E-state index contributed by atoms with van der Waals surface area (Å²) in [6.45, 7) is 3.43. The van der Waals surface area contributed by atoms with Gasteiger partial charge in [-0.2, -0.15) is 0 Å². The van der Waals surface area contributed by atoms with Gasteiger partial charge < -0.3 is 10.1 Å². The smallest absolute Gasteiger partial charge is 0.343 e. The molecule has 1 heterocycles. The second-order valence-electron chi connectivity index (χ2n) is 4.14. The molecule has 1 aromatic heterocycles. The first-order chi connectivity index (χ1) is 8.90. The third-order valence-electron chi connectivity index (χ3n) is 2.75. The van der Waals surface area contributed by atoms with Gasteiger partial charge in [0.05, 0.1) is 5.69 Å². The van der Waals surface area contributed by atoms with E-state index in [-0.39, 0.29) is 11.3 Å². The summed E-state index contributed by atoms with van der Waals surface area (Å²) in [6.07, 6.45) is 0. The zero-order valence-corrected chi connectivity index (χ0v) is 11.9. The second-order valence-corrected chi connectivity index (χ2v) is 5.00. The number of carboxylic acid groups (broad SMARTS) is 1. The minimum absolute atomic E-state index is 0.201. The third kappa shape index (κ3) is 2.58. The van der Waals surface area contributed by atoms with Crippen LogP contribution in [0, 0.1) is 13.8 Å². The van der Waals surface area contributed by atoms with Crippen molar-refractivity contribution in [3.8, 4) is 11.4 Å². The van der Waals surface area contributed by atoms with Gasteiger partial charge in [-0.3, -0.25) is 4.79 Å². The Morgan fingerprint density at radius 3 is 2.58 bits per heavy atom. The lowest BCUT2D eigenvalue weighted by Gasteiger charge is -2.06. The molecule has 98 valence electrons. The Hall–Kier alpha value is -1.95. The molecule has 0 unspecified atom stereocenters. The van der Waals surface area contributed by atoms with Gasteiger partial charge in [-0.25, -0.2) is 9.78 Å². The summed E-state index contributed by atoms with van der Waals surface area (Å²) in [7, 11) is 0. The van der Waals surface area contributed by atoms with E-state index in [9.17, 15) is 9.59 Å². The lowest BCUT2D eigenvalue weighted by Crippen LogP contribution is -2.21. The Morgan fingerprint density at radius 1 is 1.37 bits per heavy atom. The standard InChI is InChI=1S/C13H11BrN2O3/c1-6-5-8(3-4-9(6)14)11-15-7(2)10(13(18)19)12(17)16-11/h3-5H,1-2H3,(H,18,19)(H,15,16,17). The predicted octanol–water partition coefficient (Wildman–Crippen LogP) is 2.51. The van der Waals surface area contributed by atoms with Crippen molar-refractivity contribution in [1.29, 1.82) is 0 Å². The van der Waals surface area contributed by atoms with Crippen LogP contribution in [0.4, 0.5) is 0 Å². The number of aryl methyl sites for hydroxylation is 2. The van der Waals surface area contributed by atoms with Gasteiger partial charge in [0.15, 0.2) is 0 Å². The molecule has 0 bridgehead atoms. The van der Waals surface area contributed by atoms with Crippen molar-refractivity contribution in [3.05, 3.63) is 49.8 Å². The highest BCUT2D eigenvalue weighted by atomic mass is 79.9. The fourth-order valence-corrected chi connectivity index (χ4v) is 2.01. The zero-order valence-electron chi connectivity index (χ0n) is 10.3. The molecule has 0 saturated heterocycles. The maximum absolute atomic E-state index is 11.7. The number of aromatic nitrogens is 2. The van der Waals surface area contributed by atoms with Crippen molar-refractivity contribution in [2.75, 3.05) is 0 Å². The van der Waals surface area contributed by atoms with Gasteiger partial charge >= 0.3 is 5.97 Å². The highest BCUT2D eigenvalue weighted by Gasteiger charge is 2.15. The van der Waals surface area contributed by atoms with Gasteiger partial charge in [-0.1, -0.05) is 22.0 Å².